The van der Waals surface area contributed by atoms with Gasteiger partial charge in [-0.15, -0.1) is 0 Å². The molecule has 0 bridgehead atoms. The molecule has 0 unspecified atom stereocenters. The van der Waals surface area contributed by atoms with E-state index in [9.17, 15) is 18.0 Å². The first-order valence-electron chi connectivity index (χ1n) is 11.0. The van der Waals surface area contributed by atoms with Crippen LogP contribution in [0.3, 0.4) is 0 Å². The van der Waals surface area contributed by atoms with Gasteiger partial charge in [-0.3, -0.25) is 10.1 Å². The number of hydrogen-bond acceptors (Lipinski definition) is 8. The molecule has 0 radical (unpaired) electrons. The number of carbonyl (C=O) groups excluding carboxylic acids is 2. The lowest BCUT2D eigenvalue weighted by Crippen LogP contribution is -2.55. The number of benzene rings is 1. The van der Waals surface area contributed by atoms with E-state index < -0.39 is 33.2 Å². The standard InChI is InChI=1S/C23H26ClN5O6S/c1-22(2,3)35-21(31)27-20-28-23(13-36(32,33)29(20)4)9-10-34-18-8-6-15(11-16(18)23)26-19(30)17-7-5-14(24)12-25-17/h5-8,11-12H,9-10,13H2,1-4H3,(H,26,30)(H,27,28,31)/t23-/m0/s1. The number of pyridine rings is 1. The second-order valence-electron chi connectivity index (χ2n) is 9.44. The normalized spacial score (nSPS) is 20.6. The first-order valence-corrected chi connectivity index (χ1v) is 13.0. The quantitative estimate of drug-likeness (QED) is 0.602. The summed E-state index contributed by atoms with van der Waals surface area (Å²) in [4.78, 5) is 33.8. The van der Waals surface area contributed by atoms with Crippen molar-refractivity contribution < 1.29 is 27.5 Å². The molecule has 0 fully saturated rings. The monoisotopic (exact) mass is 535 g/mol. The summed E-state index contributed by atoms with van der Waals surface area (Å²) in [6, 6.07) is 7.94. The number of guanidine groups is 1. The molecule has 0 aliphatic carbocycles. The summed E-state index contributed by atoms with van der Waals surface area (Å²) in [7, 11) is -2.55. The number of ether oxygens (including phenoxy) is 2. The fraction of sp³-hybridized carbons (Fsp3) is 0.391. The summed E-state index contributed by atoms with van der Waals surface area (Å²) in [6.45, 7) is 5.31. The van der Waals surface area contributed by atoms with E-state index in [0.717, 1.165) is 4.31 Å². The minimum Gasteiger partial charge on any atom is -0.493 e. The van der Waals surface area contributed by atoms with Gasteiger partial charge in [0.05, 0.1) is 17.4 Å². The third-order valence-corrected chi connectivity index (χ3v) is 7.61. The second kappa shape index (κ2) is 9.25. The lowest BCUT2D eigenvalue weighted by atomic mass is 9.86. The molecule has 13 heteroatoms. The molecular weight excluding hydrogens is 510 g/mol. The predicted octanol–water partition coefficient (Wildman–Crippen LogP) is 3.12. The van der Waals surface area contributed by atoms with Gasteiger partial charge in [-0.1, -0.05) is 11.6 Å². The van der Waals surface area contributed by atoms with Crippen molar-refractivity contribution in [2.24, 2.45) is 4.99 Å². The van der Waals surface area contributed by atoms with Crippen molar-refractivity contribution >= 4 is 45.3 Å². The van der Waals surface area contributed by atoms with Crippen LogP contribution in [-0.2, 0) is 20.3 Å². The van der Waals surface area contributed by atoms with Gasteiger partial charge < -0.3 is 14.8 Å². The van der Waals surface area contributed by atoms with Crippen LogP contribution in [0.15, 0.2) is 41.5 Å². The average Bonchev–Trinajstić information content (AvgIpc) is 2.77. The Morgan fingerprint density at radius 1 is 1.19 bits per heavy atom. The molecule has 1 atom stereocenters. The highest BCUT2D eigenvalue weighted by Gasteiger charge is 2.48. The molecule has 11 nitrogen and oxygen atoms in total. The van der Waals surface area contributed by atoms with Gasteiger partial charge in [0.2, 0.25) is 16.0 Å². The largest absolute Gasteiger partial charge is 0.493 e. The first kappa shape index (κ1) is 25.7. The number of aliphatic imine (C=N–C) groups is 1. The van der Waals surface area contributed by atoms with Gasteiger partial charge in [-0.25, -0.2) is 27.5 Å². The topological polar surface area (TPSA) is 139 Å². The molecule has 36 heavy (non-hydrogen) atoms. The minimum atomic E-state index is -3.87. The van der Waals surface area contributed by atoms with Crippen LogP contribution in [0.5, 0.6) is 5.75 Å². The molecule has 2 aliphatic rings. The van der Waals surface area contributed by atoms with Gasteiger partial charge in [-0.2, -0.15) is 0 Å². The van der Waals surface area contributed by atoms with E-state index in [0.29, 0.717) is 22.0 Å². The predicted molar refractivity (Wildman–Crippen MR) is 134 cm³/mol. The van der Waals surface area contributed by atoms with E-state index in [2.05, 4.69) is 20.6 Å². The summed E-state index contributed by atoms with van der Waals surface area (Å²) >= 11 is 5.84. The van der Waals surface area contributed by atoms with Crippen LogP contribution in [0.4, 0.5) is 10.5 Å². The van der Waals surface area contributed by atoms with Crippen LogP contribution in [0.25, 0.3) is 0 Å². The Kier molecular flexibility index (Phi) is 6.60. The molecule has 2 amide bonds. The SMILES string of the molecule is CN1C(NC(=O)OC(C)(C)C)=N[C@@]2(CCOc3ccc(NC(=O)c4ccc(Cl)cn4)cc32)CS1(=O)=O. The minimum absolute atomic E-state index is 0.159. The number of fused-ring (bicyclic) bond motifs is 2. The van der Waals surface area contributed by atoms with Crippen LogP contribution >= 0.6 is 11.6 Å². The van der Waals surface area contributed by atoms with Crippen LogP contribution in [0.1, 0.15) is 43.2 Å². The van der Waals surface area contributed by atoms with Crippen molar-refractivity contribution in [3.63, 3.8) is 0 Å². The van der Waals surface area contributed by atoms with Crippen molar-refractivity contribution in [1.29, 1.82) is 0 Å². The summed E-state index contributed by atoms with van der Waals surface area (Å²) in [5, 5.41) is 5.61. The Labute approximate surface area is 213 Å². The molecule has 1 spiro atoms. The van der Waals surface area contributed by atoms with E-state index in [-0.39, 0.29) is 30.4 Å². The highest BCUT2D eigenvalue weighted by atomic mass is 35.5. The smallest absolute Gasteiger partial charge is 0.414 e. The van der Waals surface area contributed by atoms with E-state index in [1.165, 1.54) is 19.3 Å². The number of aromatic nitrogens is 1. The number of nitrogens with one attached hydrogen (secondary N) is 2. The molecule has 0 saturated heterocycles. The highest BCUT2D eigenvalue weighted by Crippen LogP contribution is 2.44. The number of carbonyl (C=O) groups is 2. The number of hydrogen-bond donors (Lipinski definition) is 2. The Bertz CT molecular complexity index is 1340. The number of halogens is 1. The molecule has 3 heterocycles. The average molecular weight is 536 g/mol. The Morgan fingerprint density at radius 3 is 2.61 bits per heavy atom. The number of alkyl carbamates (subject to hydrolysis) is 1. The Hall–Kier alpha value is -3.38. The maximum atomic E-state index is 13.1. The van der Waals surface area contributed by atoms with Crippen LogP contribution in [-0.4, -0.2) is 60.7 Å². The fourth-order valence-electron chi connectivity index (χ4n) is 3.87. The zero-order valence-electron chi connectivity index (χ0n) is 20.2. The Morgan fingerprint density at radius 2 is 1.94 bits per heavy atom. The summed E-state index contributed by atoms with van der Waals surface area (Å²) in [5.41, 5.74) is -1.01. The lowest BCUT2D eigenvalue weighted by Gasteiger charge is -2.41. The second-order valence-corrected chi connectivity index (χ2v) is 11.9. The van der Waals surface area contributed by atoms with Gasteiger partial charge >= 0.3 is 6.09 Å². The maximum absolute atomic E-state index is 13.1. The highest BCUT2D eigenvalue weighted by molar-refractivity contribution is 7.89. The van der Waals surface area contributed by atoms with Gasteiger partial charge in [0.25, 0.3) is 5.91 Å². The zero-order chi connectivity index (χ0) is 26.3. The summed E-state index contributed by atoms with van der Waals surface area (Å²) < 4.78 is 38.2. The van der Waals surface area contributed by atoms with Crippen LogP contribution in [0, 0.1) is 0 Å². The molecule has 2 N–H and O–H groups in total. The van der Waals surface area contributed by atoms with Crippen LogP contribution < -0.4 is 15.4 Å². The number of rotatable bonds is 2. The molecular formula is C23H26ClN5O6S. The molecule has 1 aromatic carbocycles. The zero-order valence-corrected chi connectivity index (χ0v) is 21.7. The van der Waals surface area contributed by atoms with Gasteiger partial charge in [0.15, 0.2) is 0 Å². The van der Waals surface area contributed by atoms with Crippen molar-refractivity contribution in [3.05, 3.63) is 52.8 Å². The summed E-state index contributed by atoms with van der Waals surface area (Å²) in [6.07, 6.45) is 0.774. The van der Waals surface area contributed by atoms with E-state index >= 15 is 0 Å². The molecule has 2 aliphatic heterocycles. The van der Waals surface area contributed by atoms with E-state index in [4.69, 9.17) is 21.1 Å². The molecule has 1 aromatic heterocycles. The fourth-order valence-corrected chi connectivity index (χ4v) is 5.49. The molecule has 0 saturated carbocycles. The first-order chi connectivity index (χ1) is 16.8. The summed E-state index contributed by atoms with van der Waals surface area (Å²) in [5.74, 6) is -0.543. The number of nitrogens with zero attached hydrogens (tertiary/aromatic N) is 3. The number of amides is 2. The van der Waals surface area contributed by atoms with E-state index in [1.807, 2.05) is 0 Å². The van der Waals surface area contributed by atoms with Gasteiger partial charge in [0, 0.05) is 30.9 Å². The third kappa shape index (κ3) is 5.39. The van der Waals surface area contributed by atoms with Gasteiger partial charge in [-0.05, 0) is 51.1 Å². The van der Waals surface area contributed by atoms with E-state index in [1.54, 1.807) is 45.0 Å². The van der Waals surface area contributed by atoms with Gasteiger partial charge in [0.1, 0.15) is 22.6 Å². The number of sulfonamides is 1. The third-order valence-electron chi connectivity index (χ3n) is 5.54. The van der Waals surface area contributed by atoms with Crippen molar-refractivity contribution in [3.8, 4) is 5.75 Å². The molecule has 4 rings (SSSR count). The van der Waals surface area contributed by atoms with Crippen molar-refractivity contribution in [2.75, 3.05) is 24.7 Å². The lowest BCUT2D eigenvalue weighted by molar-refractivity contribution is 0.0558. The van der Waals surface area contributed by atoms with Crippen molar-refractivity contribution in [2.45, 2.75) is 38.3 Å². The number of anilines is 1. The molecule has 192 valence electrons. The maximum Gasteiger partial charge on any atom is 0.414 e. The van der Waals surface area contributed by atoms with Crippen LogP contribution in [0.2, 0.25) is 5.02 Å². The Balaban J connectivity index is 1.70. The van der Waals surface area contributed by atoms with Crippen molar-refractivity contribution in [1.82, 2.24) is 14.6 Å². The molecule has 2 aromatic rings.